The Balaban J connectivity index is 2.01. The van der Waals surface area contributed by atoms with Gasteiger partial charge in [0.25, 0.3) is 0 Å². The van der Waals surface area contributed by atoms with Gasteiger partial charge in [-0.3, -0.25) is 0 Å². The average molecular weight is 204 g/mol. The predicted octanol–water partition coefficient (Wildman–Crippen LogP) is 3.35. The van der Waals surface area contributed by atoms with Gasteiger partial charge in [0, 0.05) is 5.66 Å². The van der Waals surface area contributed by atoms with Crippen LogP contribution in [0.25, 0.3) is 0 Å². The van der Waals surface area contributed by atoms with Crippen LogP contribution in [-0.2, 0) is 0 Å². The maximum atomic E-state index is 2.42. The van der Waals surface area contributed by atoms with Crippen LogP contribution >= 0.6 is 8.58 Å². The van der Waals surface area contributed by atoms with E-state index >= 15 is 0 Å². The molecule has 1 heteroatoms. The van der Waals surface area contributed by atoms with Gasteiger partial charge >= 0.3 is 0 Å². The van der Waals surface area contributed by atoms with Crippen molar-refractivity contribution in [1.82, 2.24) is 0 Å². The highest BCUT2D eigenvalue weighted by Gasteiger charge is 2.20. The van der Waals surface area contributed by atoms with Crippen molar-refractivity contribution in [3.63, 3.8) is 0 Å². The fraction of sp³-hybridized carbons (Fsp3) is 0.385. The van der Waals surface area contributed by atoms with E-state index in [1.807, 2.05) is 0 Å². The minimum absolute atomic E-state index is 0.808. The summed E-state index contributed by atoms with van der Waals surface area (Å²) in [5, 5.41) is 1.50. The van der Waals surface area contributed by atoms with Crippen molar-refractivity contribution in [2.45, 2.75) is 25.4 Å². The number of hydrogen-bond donors (Lipinski definition) is 0. The molecule has 74 valence electrons. The summed E-state index contributed by atoms with van der Waals surface area (Å²) in [6.45, 7) is 2.31. The average Bonchev–Trinajstić information content (AvgIpc) is 2.67. The lowest BCUT2D eigenvalue weighted by molar-refractivity contribution is 0.560. The smallest absolute Gasteiger partial charge is 0.00144 e. The third-order valence-electron chi connectivity index (χ3n) is 2.92. The first-order valence-corrected chi connectivity index (χ1v) is 6.46. The Morgan fingerprint density at radius 2 is 2.07 bits per heavy atom. The van der Waals surface area contributed by atoms with Crippen LogP contribution in [-0.4, -0.2) is 5.66 Å². The quantitative estimate of drug-likeness (QED) is 0.523. The first-order valence-electron chi connectivity index (χ1n) is 5.38. The van der Waals surface area contributed by atoms with Gasteiger partial charge in [0.05, 0.1) is 0 Å². The highest BCUT2D eigenvalue weighted by Crippen LogP contribution is 2.35. The summed E-state index contributed by atoms with van der Waals surface area (Å²) in [5.74, 6) is 0.897. The minimum atomic E-state index is 0.808. The van der Waals surface area contributed by atoms with E-state index in [-0.39, 0.29) is 0 Å². The fourth-order valence-electron chi connectivity index (χ4n) is 2.02. The van der Waals surface area contributed by atoms with Crippen molar-refractivity contribution >= 4 is 13.9 Å². The van der Waals surface area contributed by atoms with Crippen LogP contribution in [0.4, 0.5) is 0 Å². The van der Waals surface area contributed by atoms with Gasteiger partial charge in [0.15, 0.2) is 0 Å². The molecule has 0 aromatic heterocycles. The van der Waals surface area contributed by atoms with E-state index in [1.54, 1.807) is 0 Å². The largest absolute Gasteiger partial charge is 0.0876 e. The molecule has 3 atom stereocenters. The molecule has 0 saturated heterocycles. The maximum Gasteiger partial charge on any atom is 0.00144 e. The molecule has 0 amide bonds. The molecular weight excluding hydrogens is 187 g/mol. The van der Waals surface area contributed by atoms with Gasteiger partial charge in [-0.05, 0) is 17.6 Å². The molecule has 0 bridgehead atoms. The zero-order chi connectivity index (χ0) is 9.80. The SMILES string of the molecule is CCC1CC=C[C@@H]1Pc1ccccc1. The summed E-state index contributed by atoms with van der Waals surface area (Å²) >= 11 is 0. The Morgan fingerprint density at radius 1 is 1.29 bits per heavy atom. The third kappa shape index (κ3) is 2.25. The minimum Gasteiger partial charge on any atom is -0.0876 e. The van der Waals surface area contributed by atoms with Crippen LogP contribution in [0.15, 0.2) is 42.5 Å². The Morgan fingerprint density at radius 3 is 2.79 bits per heavy atom. The van der Waals surface area contributed by atoms with Gasteiger partial charge in [-0.15, -0.1) is 0 Å². The van der Waals surface area contributed by atoms with Gasteiger partial charge in [0.1, 0.15) is 0 Å². The lowest BCUT2D eigenvalue weighted by Gasteiger charge is -2.17. The van der Waals surface area contributed by atoms with E-state index in [0.29, 0.717) is 0 Å². The standard InChI is InChI=1S/C13H17P/c1-2-11-7-6-10-13(11)14-12-8-4-3-5-9-12/h3-6,8-11,13-14H,2,7H2,1H3/t11?,13-/m0/s1. The van der Waals surface area contributed by atoms with Crippen molar-refractivity contribution in [1.29, 1.82) is 0 Å². The molecule has 0 radical (unpaired) electrons. The van der Waals surface area contributed by atoms with Gasteiger partial charge in [-0.1, -0.05) is 64.4 Å². The van der Waals surface area contributed by atoms with E-state index in [4.69, 9.17) is 0 Å². The van der Waals surface area contributed by atoms with Crippen molar-refractivity contribution in [2.24, 2.45) is 5.92 Å². The van der Waals surface area contributed by atoms with Crippen LogP contribution in [0, 0.1) is 5.92 Å². The molecule has 0 fully saturated rings. The summed E-state index contributed by atoms with van der Waals surface area (Å²) in [7, 11) is 0.958. The van der Waals surface area contributed by atoms with Gasteiger partial charge in [-0.2, -0.15) is 0 Å². The summed E-state index contributed by atoms with van der Waals surface area (Å²) in [5.41, 5.74) is 0.808. The van der Waals surface area contributed by atoms with Crippen molar-refractivity contribution in [3.8, 4) is 0 Å². The molecule has 0 saturated carbocycles. The van der Waals surface area contributed by atoms with E-state index < -0.39 is 0 Å². The second kappa shape index (κ2) is 4.75. The van der Waals surface area contributed by atoms with E-state index in [1.165, 1.54) is 18.1 Å². The fourth-order valence-corrected chi connectivity index (χ4v) is 3.63. The Hall–Kier alpha value is -0.610. The molecule has 0 aliphatic heterocycles. The monoisotopic (exact) mass is 204 g/mol. The van der Waals surface area contributed by atoms with Gasteiger partial charge in [0.2, 0.25) is 0 Å². The third-order valence-corrected chi connectivity index (χ3v) is 4.59. The highest BCUT2D eigenvalue weighted by atomic mass is 31.1. The molecule has 2 unspecified atom stereocenters. The Bertz CT molecular complexity index is 302. The highest BCUT2D eigenvalue weighted by molar-refractivity contribution is 7.48. The van der Waals surface area contributed by atoms with E-state index in [9.17, 15) is 0 Å². The molecule has 0 N–H and O–H groups in total. The summed E-state index contributed by atoms with van der Waals surface area (Å²) < 4.78 is 0. The van der Waals surface area contributed by atoms with Gasteiger partial charge in [-0.25, -0.2) is 0 Å². The predicted molar refractivity (Wildman–Crippen MR) is 65.7 cm³/mol. The first kappa shape index (κ1) is 9.93. The van der Waals surface area contributed by atoms with Crippen LogP contribution < -0.4 is 5.30 Å². The molecule has 0 nitrogen and oxygen atoms in total. The van der Waals surface area contributed by atoms with Crippen molar-refractivity contribution < 1.29 is 0 Å². The molecule has 1 aromatic carbocycles. The Kier molecular flexibility index (Phi) is 3.37. The van der Waals surface area contributed by atoms with Crippen LogP contribution in [0.5, 0.6) is 0 Å². The molecular formula is C13H17P. The number of allylic oxidation sites excluding steroid dienone is 2. The van der Waals surface area contributed by atoms with Crippen molar-refractivity contribution in [2.75, 3.05) is 0 Å². The topological polar surface area (TPSA) is 0 Å². The molecule has 2 rings (SSSR count). The maximum absolute atomic E-state index is 2.42. The number of hydrogen-bond acceptors (Lipinski definition) is 0. The second-order valence-corrected chi connectivity index (χ2v) is 5.40. The molecule has 0 spiro atoms. The summed E-state index contributed by atoms with van der Waals surface area (Å²) in [6.07, 6.45) is 7.38. The van der Waals surface area contributed by atoms with Crippen molar-refractivity contribution in [3.05, 3.63) is 42.5 Å². The second-order valence-electron chi connectivity index (χ2n) is 3.87. The lowest BCUT2D eigenvalue weighted by Crippen LogP contribution is -2.11. The first-order chi connectivity index (χ1) is 6.90. The molecule has 1 aliphatic carbocycles. The molecule has 14 heavy (non-hydrogen) atoms. The number of rotatable bonds is 3. The van der Waals surface area contributed by atoms with E-state index in [2.05, 4.69) is 49.4 Å². The van der Waals surface area contributed by atoms with Crippen LogP contribution in [0.2, 0.25) is 0 Å². The molecule has 1 aliphatic rings. The lowest BCUT2D eigenvalue weighted by atomic mass is 10.0. The van der Waals surface area contributed by atoms with Gasteiger partial charge < -0.3 is 0 Å². The normalized spacial score (nSPS) is 26.4. The van der Waals surface area contributed by atoms with E-state index in [0.717, 1.165) is 20.2 Å². The number of benzene rings is 1. The molecule has 0 heterocycles. The zero-order valence-electron chi connectivity index (χ0n) is 8.61. The molecule has 1 aromatic rings. The Labute approximate surface area is 88.2 Å². The zero-order valence-corrected chi connectivity index (χ0v) is 9.61. The summed E-state index contributed by atoms with van der Waals surface area (Å²) in [4.78, 5) is 0. The van der Waals surface area contributed by atoms with Crippen LogP contribution in [0.1, 0.15) is 19.8 Å². The summed E-state index contributed by atoms with van der Waals surface area (Å²) in [6, 6.07) is 10.9. The van der Waals surface area contributed by atoms with Crippen LogP contribution in [0.3, 0.4) is 0 Å².